The summed E-state index contributed by atoms with van der Waals surface area (Å²) in [7, 11) is 0.397. The molecule has 5 nitrogen and oxygen atoms in total. The van der Waals surface area contributed by atoms with Gasteiger partial charge >= 0.3 is 0 Å². The fraction of sp³-hybridized carbons (Fsp3) is 0.250. The average molecular weight is 297 g/mol. The van der Waals surface area contributed by atoms with Gasteiger partial charge in [0.1, 0.15) is 10.0 Å². The van der Waals surface area contributed by atoms with Crippen LogP contribution in [0, 0.1) is 0 Å². The van der Waals surface area contributed by atoms with Crippen molar-refractivity contribution in [3.63, 3.8) is 0 Å². The molecular formula is C12H15N3O2S2. The summed E-state index contributed by atoms with van der Waals surface area (Å²) in [6, 6.07) is 7.01. The lowest BCUT2D eigenvalue weighted by Crippen LogP contribution is -2.22. The fourth-order valence-corrected chi connectivity index (χ4v) is 3.51. The molecule has 0 aromatic carbocycles. The normalized spacial score (nSPS) is 11.5. The van der Waals surface area contributed by atoms with Gasteiger partial charge in [0.05, 0.1) is 0 Å². The zero-order chi connectivity index (χ0) is 13.9. The Labute approximate surface area is 117 Å². The molecule has 0 saturated carbocycles. The highest BCUT2D eigenvalue weighted by Crippen LogP contribution is 2.16. The highest BCUT2D eigenvalue weighted by Gasteiger charge is 2.14. The van der Waals surface area contributed by atoms with Crippen LogP contribution in [0.15, 0.2) is 40.1 Å². The first-order chi connectivity index (χ1) is 8.99. The van der Waals surface area contributed by atoms with Crippen LogP contribution < -0.4 is 9.62 Å². The summed E-state index contributed by atoms with van der Waals surface area (Å²) < 4.78 is 26.7. The van der Waals surface area contributed by atoms with Gasteiger partial charge in [-0.3, -0.25) is 0 Å². The number of thiophene rings is 1. The van der Waals surface area contributed by atoms with E-state index in [2.05, 4.69) is 9.71 Å². The molecule has 0 bridgehead atoms. The van der Waals surface area contributed by atoms with E-state index in [1.165, 1.54) is 11.3 Å². The van der Waals surface area contributed by atoms with Crippen LogP contribution in [0.2, 0.25) is 0 Å². The fourth-order valence-electron chi connectivity index (χ4n) is 1.45. The Morgan fingerprint density at radius 1 is 1.32 bits per heavy atom. The first-order valence-corrected chi connectivity index (χ1v) is 8.01. The molecule has 0 unspecified atom stereocenters. The molecule has 0 amide bonds. The number of nitrogens with zero attached hydrogens (tertiary/aromatic N) is 2. The smallest absolute Gasteiger partial charge is 0.250 e. The summed E-state index contributed by atoms with van der Waals surface area (Å²) in [6.07, 6.45) is 1.67. The zero-order valence-electron chi connectivity index (χ0n) is 10.7. The second-order valence-corrected chi connectivity index (χ2v) is 7.12. The molecule has 2 aromatic heterocycles. The van der Waals surface area contributed by atoms with Crippen LogP contribution in [-0.2, 0) is 16.6 Å². The summed E-state index contributed by atoms with van der Waals surface area (Å²) >= 11 is 1.20. The molecule has 102 valence electrons. The molecular weight excluding hydrogens is 282 g/mol. The van der Waals surface area contributed by atoms with Crippen molar-refractivity contribution in [3.05, 3.63) is 41.4 Å². The van der Waals surface area contributed by atoms with Crippen molar-refractivity contribution < 1.29 is 8.42 Å². The standard InChI is InChI=1S/C12H15N3O2S2/c1-15(2)11-6-5-10(8-13-11)9-14-19(16,17)12-4-3-7-18-12/h3-8,14H,9H2,1-2H3. The van der Waals surface area contributed by atoms with Gasteiger partial charge in [0.25, 0.3) is 0 Å². The predicted octanol–water partition coefficient (Wildman–Crippen LogP) is 1.69. The number of hydrogen-bond acceptors (Lipinski definition) is 5. The van der Waals surface area contributed by atoms with E-state index >= 15 is 0 Å². The molecule has 0 spiro atoms. The molecule has 0 saturated heterocycles. The van der Waals surface area contributed by atoms with E-state index in [-0.39, 0.29) is 6.54 Å². The lowest BCUT2D eigenvalue weighted by molar-refractivity contribution is 0.583. The molecule has 1 N–H and O–H groups in total. The topological polar surface area (TPSA) is 62.3 Å². The second-order valence-electron chi connectivity index (χ2n) is 4.18. The van der Waals surface area contributed by atoms with Crippen molar-refractivity contribution in [1.82, 2.24) is 9.71 Å². The van der Waals surface area contributed by atoms with E-state index in [4.69, 9.17) is 0 Å². The molecule has 0 aliphatic carbocycles. The van der Waals surface area contributed by atoms with Gasteiger partial charge in [0.15, 0.2) is 0 Å². The number of sulfonamides is 1. The SMILES string of the molecule is CN(C)c1ccc(CNS(=O)(=O)c2cccs2)cn1. The van der Waals surface area contributed by atoms with E-state index in [1.54, 1.807) is 23.7 Å². The van der Waals surface area contributed by atoms with Gasteiger partial charge < -0.3 is 4.90 Å². The predicted molar refractivity (Wildman–Crippen MR) is 76.9 cm³/mol. The van der Waals surface area contributed by atoms with Crippen LogP contribution in [0.4, 0.5) is 5.82 Å². The van der Waals surface area contributed by atoms with Crippen molar-refractivity contribution in [2.45, 2.75) is 10.8 Å². The Kier molecular flexibility index (Phi) is 4.18. The van der Waals surface area contributed by atoms with E-state index < -0.39 is 10.0 Å². The highest BCUT2D eigenvalue weighted by molar-refractivity contribution is 7.91. The number of anilines is 1. The lowest BCUT2D eigenvalue weighted by atomic mass is 10.3. The van der Waals surface area contributed by atoms with Crippen molar-refractivity contribution in [2.75, 3.05) is 19.0 Å². The van der Waals surface area contributed by atoms with E-state index in [0.717, 1.165) is 11.4 Å². The van der Waals surface area contributed by atoms with Gasteiger partial charge in [0, 0.05) is 26.8 Å². The molecule has 2 heterocycles. The summed E-state index contributed by atoms with van der Waals surface area (Å²) in [6.45, 7) is 0.237. The molecule has 0 aliphatic heterocycles. The van der Waals surface area contributed by atoms with Crippen molar-refractivity contribution in [2.24, 2.45) is 0 Å². The van der Waals surface area contributed by atoms with Gasteiger partial charge in [-0.05, 0) is 23.1 Å². The minimum Gasteiger partial charge on any atom is -0.363 e. The minimum absolute atomic E-state index is 0.237. The molecule has 0 atom stereocenters. The number of pyridine rings is 1. The minimum atomic E-state index is -3.41. The third-order valence-corrected chi connectivity index (χ3v) is 5.29. The first kappa shape index (κ1) is 14.0. The zero-order valence-corrected chi connectivity index (χ0v) is 12.3. The van der Waals surface area contributed by atoms with Crippen molar-refractivity contribution in [1.29, 1.82) is 0 Å². The van der Waals surface area contributed by atoms with Gasteiger partial charge in [-0.1, -0.05) is 12.1 Å². The quantitative estimate of drug-likeness (QED) is 0.912. The van der Waals surface area contributed by atoms with Crippen molar-refractivity contribution >= 4 is 27.2 Å². The van der Waals surface area contributed by atoms with Gasteiger partial charge in [-0.15, -0.1) is 11.3 Å². The number of rotatable bonds is 5. The molecule has 0 aliphatic rings. The Morgan fingerprint density at radius 3 is 2.63 bits per heavy atom. The maximum atomic E-state index is 11.9. The maximum absolute atomic E-state index is 11.9. The van der Waals surface area contributed by atoms with Gasteiger partial charge in [0.2, 0.25) is 10.0 Å². The van der Waals surface area contributed by atoms with Crippen LogP contribution in [0.3, 0.4) is 0 Å². The molecule has 19 heavy (non-hydrogen) atoms. The maximum Gasteiger partial charge on any atom is 0.250 e. The molecule has 0 fully saturated rings. The Morgan fingerprint density at radius 2 is 2.11 bits per heavy atom. The average Bonchev–Trinajstić information content (AvgIpc) is 2.91. The largest absolute Gasteiger partial charge is 0.363 e. The van der Waals surface area contributed by atoms with E-state index in [1.807, 2.05) is 31.1 Å². The highest BCUT2D eigenvalue weighted by atomic mass is 32.2. The third kappa shape index (κ3) is 3.52. The van der Waals surface area contributed by atoms with Crippen molar-refractivity contribution in [3.8, 4) is 0 Å². The summed E-state index contributed by atoms with van der Waals surface area (Å²) in [5, 5.41) is 1.74. The van der Waals surface area contributed by atoms with E-state index in [0.29, 0.717) is 4.21 Å². The molecule has 7 heteroatoms. The van der Waals surface area contributed by atoms with Crippen LogP contribution in [0.1, 0.15) is 5.56 Å². The van der Waals surface area contributed by atoms with Crippen LogP contribution in [-0.4, -0.2) is 27.5 Å². The lowest BCUT2D eigenvalue weighted by Gasteiger charge is -2.11. The summed E-state index contributed by atoms with van der Waals surface area (Å²) in [5.41, 5.74) is 0.825. The number of nitrogens with one attached hydrogen (secondary N) is 1. The van der Waals surface area contributed by atoms with E-state index in [9.17, 15) is 8.42 Å². The second kappa shape index (κ2) is 5.68. The third-order valence-electron chi connectivity index (χ3n) is 2.49. The monoisotopic (exact) mass is 297 g/mol. The Balaban J connectivity index is 2.03. The van der Waals surface area contributed by atoms with Crippen LogP contribution >= 0.6 is 11.3 Å². The van der Waals surface area contributed by atoms with Gasteiger partial charge in [-0.2, -0.15) is 0 Å². The summed E-state index contributed by atoms with van der Waals surface area (Å²) in [5.74, 6) is 0.838. The van der Waals surface area contributed by atoms with Crippen LogP contribution in [0.5, 0.6) is 0 Å². The first-order valence-electron chi connectivity index (χ1n) is 5.64. The summed E-state index contributed by atoms with van der Waals surface area (Å²) in [4.78, 5) is 6.12. The van der Waals surface area contributed by atoms with Gasteiger partial charge in [-0.25, -0.2) is 18.1 Å². The number of hydrogen-bond donors (Lipinski definition) is 1. The molecule has 0 radical (unpaired) electrons. The Hall–Kier alpha value is -1.44. The van der Waals surface area contributed by atoms with Crippen LogP contribution in [0.25, 0.3) is 0 Å². The molecule has 2 rings (SSSR count). The number of aromatic nitrogens is 1. The molecule has 2 aromatic rings. The Bertz CT molecular complexity index is 620.